The van der Waals surface area contributed by atoms with Crippen molar-refractivity contribution in [1.82, 2.24) is 0 Å². The number of nitrogens with zero attached hydrogens (tertiary/aromatic N) is 1. The minimum Gasteiger partial charge on any atom is -0.496 e. The zero-order valence-electron chi connectivity index (χ0n) is 13.5. The fourth-order valence-electron chi connectivity index (χ4n) is 2.40. The molecule has 0 saturated carbocycles. The van der Waals surface area contributed by atoms with Gasteiger partial charge >= 0.3 is 0 Å². The number of benzene rings is 3. The van der Waals surface area contributed by atoms with Crippen LogP contribution in [0.1, 0.15) is 11.1 Å². The molecule has 0 bridgehead atoms. The predicted molar refractivity (Wildman–Crippen MR) is 96.2 cm³/mol. The van der Waals surface area contributed by atoms with Crippen molar-refractivity contribution in [1.29, 1.82) is 0 Å². The summed E-state index contributed by atoms with van der Waals surface area (Å²) in [6, 6.07) is 26.0. The third kappa shape index (κ3) is 4.02. The first-order valence-electron chi connectivity index (χ1n) is 7.72. The van der Waals surface area contributed by atoms with Gasteiger partial charge in [-0.25, -0.2) is 0 Å². The van der Waals surface area contributed by atoms with Crippen LogP contribution in [0.5, 0.6) is 5.75 Å². The summed E-state index contributed by atoms with van der Waals surface area (Å²) in [5.41, 5.74) is 4.16. The van der Waals surface area contributed by atoms with Gasteiger partial charge in [-0.2, -0.15) is 0 Å². The number of para-hydroxylation sites is 1. The van der Waals surface area contributed by atoms with Gasteiger partial charge in [-0.3, -0.25) is 0 Å². The molecule has 3 aromatic carbocycles. The van der Waals surface area contributed by atoms with E-state index in [9.17, 15) is 0 Å². The summed E-state index contributed by atoms with van der Waals surface area (Å²) >= 11 is 0. The lowest BCUT2D eigenvalue weighted by molar-refractivity contribution is 0.132. The maximum absolute atomic E-state index is 5.37. The highest BCUT2D eigenvalue weighted by Crippen LogP contribution is 2.20. The lowest BCUT2D eigenvalue weighted by Crippen LogP contribution is -1.92. The molecule has 0 aliphatic rings. The topological polar surface area (TPSA) is 30.8 Å². The third-order valence-corrected chi connectivity index (χ3v) is 3.60. The quantitative estimate of drug-likeness (QED) is 0.483. The summed E-state index contributed by atoms with van der Waals surface area (Å²) in [4.78, 5) is 5.37. The Balaban J connectivity index is 1.64. The van der Waals surface area contributed by atoms with Crippen molar-refractivity contribution in [2.45, 2.75) is 6.61 Å². The molecular weight excluding hydrogens is 298 g/mol. The Labute approximate surface area is 142 Å². The van der Waals surface area contributed by atoms with Gasteiger partial charge in [0.1, 0.15) is 18.6 Å². The molecule has 0 N–H and O–H groups in total. The van der Waals surface area contributed by atoms with E-state index in [-0.39, 0.29) is 0 Å². The molecule has 119 valence electrons. The first-order valence-corrected chi connectivity index (χ1v) is 7.72. The predicted octanol–water partition coefficient (Wildman–Crippen LogP) is 4.79. The van der Waals surface area contributed by atoms with E-state index in [1.807, 2.05) is 54.6 Å². The van der Waals surface area contributed by atoms with Crippen LogP contribution < -0.4 is 4.74 Å². The molecule has 0 heterocycles. The minimum absolute atomic E-state index is 0.392. The molecule has 0 aliphatic heterocycles. The highest BCUT2D eigenvalue weighted by Gasteiger charge is 2.00. The molecule has 0 aromatic heterocycles. The average Bonchev–Trinajstić information content (AvgIpc) is 2.66. The summed E-state index contributed by atoms with van der Waals surface area (Å²) in [5.74, 6) is 0.718. The average molecular weight is 316 g/mol. The van der Waals surface area contributed by atoms with Crippen molar-refractivity contribution in [3.05, 3.63) is 90.0 Å². The second-order valence-corrected chi connectivity index (χ2v) is 5.24. The molecule has 3 rings (SSSR count). The van der Waals surface area contributed by atoms with Crippen LogP contribution in [-0.2, 0) is 11.4 Å². The van der Waals surface area contributed by atoms with Crippen LogP contribution in [0.15, 0.2) is 84.0 Å². The van der Waals surface area contributed by atoms with E-state index in [2.05, 4.69) is 35.6 Å². The molecular formula is C21H18NO2. The monoisotopic (exact) mass is 316 g/mol. The van der Waals surface area contributed by atoms with Gasteiger partial charge in [0.2, 0.25) is 0 Å². The summed E-state index contributed by atoms with van der Waals surface area (Å²) in [5, 5.41) is 3.92. The van der Waals surface area contributed by atoms with Gasteiger partial charge in [0.05, 0.1) is 7.11 Å². The van der Waals surface area contributed by atoms with Gasteiger partial charge < -0.3 is 9.57 Å². The molecule has 0 spiro atoms. The Morgan fingerprint density at radius 3 is 2.42 bits per heavy atom. The fraction of sp³-hybridized carbons (Fsp3) is 0.0952. The number of hydrogen-bond acceptors (Lipinski definition) is 3. The Bertz CT molecular complexity index is 813. The maximum Gasteiger partial charge on any atom is 0.143 e. The fourth-order valence-corrected chi connectivity index (χ4v) is 2.40. The van der Waals surface area contributed by atoms with Crippen LogP contribution in [0, 0.1) is 0 Å². The zero-order valence-corrected chi connectivity index (χ0v) is 13.5. The Morgan fingerprint density at radius 1 is 0.833 bits per heavy atom. The molecule has 0 unspecified atom stereocenters. The molecule has 1 radical (unpaired) electrons. The van der Waals surface area contributed by atoms with Gasteiger partial charge in [-0.1, -0.05) is 65.8 Å². The smallest absolute Gasteiger partial charge is 0.143 e. The zero-order chi connectivity index (χ0) is 16.6. The Morgan fingerprint density at radius 2 is 1.58 bits per heavy atom. The summed E-state index contributed by atoms with van der Waals surface area (Å²) in [7, 11) is 1.62. The van der Waals surface area contributed by atoms with Crippen molar-refractivity contribution >= 4 is 6.21 Å². The first-order chi connectivity index (χ1) is 11.9. The van der Waals surface area contributed by atoms with E-state index < -0.39 is 0 Å². The molecule has 0 fully saturated rings. The normalized spacial score (nSPS) is 10.7. The molecule has 3 heteroatoms. The van der Waals surface area contributed by atoms with E-state index in [1.165, 1.54) is 5.56 Å². The first kappa shape index (κ1) is 15.8. The van der Waals surface area contributed by atoms with Crippen LogP contribution in [0.2, 0.25) is 0 Å². The van der Waals surface area contributed by atoms with Gasteiger partial charge in [-0.05, 0) is 34.9 Å². The van der Waals surface area contributed by atoms with Gasteiger partial charge in [0.15, 0.2) is 0 Å². The summed E-state index contributed by atoms with van der Waals surface area (Å²) < 4.78 is 5.25. The number of ether oxygens (including phenoxy) is 1. The van der Waals surface area contributed by atoms with Crippen LogP contribution in [0.4, 0.5) is 0 Å². The molecule has 0 atom stereocenters. The highest BCUT2D eigenvalue weighted by atomic mass is 16.6. The number of hydrogen-bond donors (Lipinski definition) is 0. The number of methoxy groups -OCH3 is 1. The van der Waals surface area contributed by atoms with Gasteiger partial charge in [-0.15, -0.1) is 0 Å². The molecule has 0 aliphatic carbocycles. The SMILES string of the molecule is COc1ccccc1/[C]=N\OCc1cccc(-c2ccccc2)c1. The van der Waals surface area contributed by atoms with E-state index in [1.54, 1.807) is 7.11 Å². The van der Waals surface area contributed by atoms with Crippen molar-refractivity contribution in [3.8, 4) is 16.9 Å². The van der Waals surface area contributed by atoms with Crippen LogP contribution >= 0.6 is 0 Å². The Hall–Kier alpha value is -3.07. The largest absolute Gasteiger partial charge is 0.496 e. The van der Waals surface area contributed by atoms with Crippen LogP contribution in [0.25, 0.3) is 11.1 Å². The van der Waals surface area contributed by atoms with Crippen molar-refractivity contribution < 1.29 is 9.57 Å². The van der Waals surface area contributed by atoms with E-state index in [4.69, 9.17) is 9.57 Å². The third-order valence-electron chi connectivity index (χ3n) is 3.60. The second-order valence-electron chi connectivity index (χ2n) is 5.24. The maximum atomic E-state index is 5.37. The van der Waals surface area contributed by atoms with E-state index >= 15 is 0 Å². The standard InChI is InChI=1S/C21H18NO2/c1-23-21-13-6-5-11-20(21)15-22-24-16-17-8-7-12-19(14-17)18-9-3-2-4-10-18/h2-14H,16H2,1H3. The van der Waals surface area contributed by atoms with Crippen LogP contribution in [0.3, 0.4) is 0 Å². The highest BCUT2D eigenvalue weighted by molar-refractivity contribution is 5.83. The van der Waals surface area contributed by atoms with Gasteiger partial charge in [0.25, 0.3) is 0 Å². The lowest BCUT2D eigenvalue weighted by atomic mass is 10.0. The van der Waals surface area contributed by atoms with Crippen molar-refractivity contribution in [2.75, 3.05) is 7.11 Å². The van der Waals surface area contributed by atoms with Crippen LogP contribution in [-0.4, -0.2) is 13.3 Å². The Kier molecular flexibility index (Phi) is 5.25. The van der Waals surface area contributed by atoms with Gasteiger partial charge in [0, 0.05) is 5.56 Å². The number of rotatable bonds is 6. The van der Waals surface area contributed by atoms with E-state index in [0.717, 1.165) is 22.4 Å². The van der Waals surface area contributed by atoms with Crippen molar-refractivity contribution in [2.24, 2.45) is 5.16 Å². The second kappa shape index (κ2) is 7.97. The molecule has 0 saturated heterocycles. The molecule has 3 aromatic rings. The van der Waals surface area contributed by atoms with E-state index in [0.29, 0.717) is 6.61 Å². The molecule has 0 amide bonds. The molecule has 24 heavy (non-hydrogen) atoms. The summed E-state index contributed by atoms with van der Waals surface area (Å²) in [6.45, 7) is 0.392. The molecule has 3 nitrogen and oxygen atoms in total. The summed E-state index contributed by atoms with van der Waals surface area (Å²) in [6.07, 6.45) is 2.86. The van der Waals surface area contributed by atoms with Crippen molar-refractivity contribution in [3.63, 3.8) is 0 Å². The lowest BCUT2D eigenvalue weighted by Gasteiger charge is -2.05. The minimum atomic E-state index is 0.392.